The fraction of sp³-hybridized carbons (Fsp3) is 0.375. The van der Waals surface area contributed by atoms with E-state index in [0.29, 0.717) is 5.56 Å². The molecule has 5 nitrogen and oxygen atoms in total. The molecule has 0 aliphatic carbocycles. The lowest BCUT2D eigenvalue weighted by molar-refractivity contribution is 0.0695. The van der Waals surface area contributed by atoms with Crippen LogP contribution < -0.4 is 4.90 Å². The zero-order valence-electron chi connectivity index (χ0n) is 12.3. The van der Waals surface area contributed by atoms with E-state index in [0.717, 1.165) is 36.2 Å². The maximum atomic E-state index is 11.4. The summed E-state index contributed by atoms with van der Waals surface area (Å²) in [5, 5.41) is 13.6. The normalized spacial score (nSPS) is 15.6. The zero-order chi connectivity index (χ0) is 15.0. The van der Waals surface area contributed by atoms with Crippen molar-refractivity contribution in [2.45, 2.75) is 25.8 Å². The summed E-state index contributed by atoms with van der Waals surface area (Å²) in [6, 6.07) is 5.73. The Morgan fingerprint density at radius 3 is 2.90 bits per heavy atom. The first kappa shape index (κ1) is 13.7. The number of fused-ring (bicyclic) bond motifs is 1. The largest absolute Gasteiger partial charge is 0.478 e. The van der Waals surface area contributed by atoms with E-state index in [1.54, 1.807) is 10.7 Å². The van der Waals surface area contributed by atoms with Gasteiger partial charge in [-0.3, -0.25) is 4.68 Å². The molecule has 1 atom stereocenters. The van der Waals surface area contributed by atoms with E-state index in [1.807, 2.05) is 31.6 Å². The highest BCUT2D eigenvalue weighted by molar-refractivity contribution is 5.91. The number of aromatic carboxylic acids is 1. The first-order valence-electron chi connectivity index (χ1n) is 7.18. The van der Waals surface area contributed by atoms with Gasteiger partial charge in [0.05, 0.1) is 17.8 Å². The van der Waals surface area contributed by atoms with Gasteiger partial charge in [-0.25, -0.2) is 4.79 Å². The molecule has 1 unspecified atom stereocenters. The number of carboxylic acid groups (broad SMARTS) is 1. The Labute approximate surface area is 123 Å². The summed E-state index contributed by atoms with van der Waals surface area (Å²) in [5.74, 6) is -0.845. The number of hydrogen-bond acceptors (Lipinski definition) is 3. The van der Waals surface area contributed by atoms with Gasteiger partial charge in [-0.05, 0) is 37.5 Å². The van der Waals surface area contributed by atoms with Crippen molar-refractivity contribution in [3.8, 4) is 0 Å². The molecule has 0 bridgehead atoms. The van der Waals surface area contributed by atoms with Crippen molar-refractivity contribution < 1.29 is 9.90 Å². The van der Waals surface area contributed by atoms with Crippen LogP contribution in [0.3, 0.4) is 0 Å². The summed E-state index contributed by atoms with van der Waals surface area (Å²) in [6.45, 7) is 3.08. The maximum absolute atomic E-state index is 11.4. The van der Waals surface area contributed by atoms with Gasteiger partial charge in [0, 0.05) is 31.0 Å². The van der Waals surface area contributed by atoms with Gasteiger partial charge in [-0.15, -0.1) is 0 Å². The summed E-state index contributed by atoms with van der Waals surface area (Å²) in [5.41, 5.74) is 3.56. The van der Waals surface area contributed by atoms with E-state index in [1.165, 1.54) is 0 Å². The minimum atomic E-state index is -0.845. The molecular weight excluding hydrogens is 266 g/mol. The van der Waals surface area contributed by atoms with Gasteiger partial charge in [0.25, 0.3) is 0 Å². The number of anilines is 1. The lowest BCUT2D eigenvalue weighted by Gasteiger charge is -2.36. The molecule has 0 radical (unpaired) electrons. The highest BCUT2D eigenvalue weighted by Gasteiger charge is 2.26. The molecule has 1 aromatic carbocycles. The molecule has 1 N–H and O–H groups in total. The summed E-state index contributed by atoms with van der Waals surface area (Å²) in [7, 11) is 1.91. The third-order valence-electron chi connectivity index (χ3n) is 4.19. The van der Waals surface area contributed by atoms with Crippen LogP contribution in [0.1, 0.15) is 40.9 Å². The maximum Gasteiger partial charge on any atom is 0.336 e. The molecule has 0 fully saturated rings. The number of nitrogens with zero attached hydrogens (tertiary/aromatic N) is 3. The van der Waals surface area contributed by atoms with Crippen LogP contribution in [-0.4, -0.2) is 27.4 Å². The summed E-state index contributed by atoms with van der Waals surface area (Å²) in [6.07, 6.45) is 5.69. The molecule has 0 saturated carbocycles. The van der Waals surface area contributed by atoms with Crippen molar-refractivity contribution in [1.29, 1.82) is 0 Å². The van der Waals surface area contributed by atoms with Gasteiger partial charge < -0.3 is 10.0 Å². The van der Waals surface area contributed by atoms with Crippen LogP contribution >= 0.6 is 0 Å². The van der Waals surface area contributed by atoms with Crippen LogP contribution in [0.4, 0.5) is 5.69 Å². The van der Waals surface area contributed by atoms with Crippen molar-refractivity contribution in [3.63, 3.8) is 0 Å². The van der Waals surface area contributed by atoms with Gasteiger partial charge in [0.2, 0.25) is 0 Å². The van der Waals surface area contributed by atoms with E-state index in [9.17, 15) is 9.90 Å². The van der Waals surface area contributed by atoms with Crippen LogP contribution in [0.5, 0.6) is 0 Å². The molecule has 5 heteroatoms. The third-order valence-corrected chi connectivity index (χ3v) is 4.19. The molecule has 3 rings (SSSR count). The van der Waals surface area contributed by atoms with Crippen molar-refractivity contribution in [1.82, 2.24) is 9.78 Å². The Balaban J connectivity index is 2.01. The van der Waals surface area contributed by atoms with Gasteiger partial charge >= 0.3 is 5.97 Å². The highest BCUT2D eigenvalue weighted by Crippen LogP contribution is 2.35. The number of hydrogen-bond donors (Lipinski definition) is 1. The third kappa shape index (κ3) is 2.39. The number of aryl methyl sites for hydroxylation is 1. The molecular formula is C16H19N3O2. The minimum Gasteiger partial charge on any atom is -0.478 e. The molecule has 2 heterocycles. The Hall–Kier alpha value is -2.30. The van der Waals surface area contributed by atoms with Crippen molar-refractivity contribution in [2.75, 3.05) is 11.4 Å². The average molecular weight is 285 g/mol. The van der Waals surface area contributed by atoms with Gasteiger partial charge in [-0.1, -0.05) is 6.07 Å². The lowest BCUT2D eigenvalue weighted by atomic mass is 9.94. The van der Waals surface area contributed by atoms with Gasteiger partial charge in [-0.2, -0.15) is 5.10 Å². The fourth-order valence-electron chi connectivity index (χ4n) is 3.09. The van der Waals surface area contributed by atoms with Crippen LogP contribution in [-0.2, 0) is 13.5 Å². The predicted octanol–water partition coefficient (Wildman–Crippen LogP) is 2.63. The highest BCUT2D eigenvalue weighted by atomic mass is 16.4. The molecule has 110 valence electrons. The molecule has 0 amide bonds. The van der Waals surface area contributed by atoms with Gasteiger partial charge in [0.15, 0.2) is 0 Å². The Morgan fingerprint density at radius 1 is 1.43 bits per heavy atom. The van der Waals surface area contributed by atoms with Crippen LogP contribution in [0.25, 0.3) is 0 Å². The summed E-state index contributed by atoms with van der Waals surface area (Å²) in [4.78, 5) is 13.7. The van der Waals surface area contributed by atoms with Crippen LogP contribution in [0.2, 0.25) is 0 Å². The second kappa shape index (κ2) is 5.24. The van der Waals surface area contributed by atoms with E-state index < -0.39 is 5.97 Å². The molecule has 1 aromatic heterocycles. The smallest absolute Gasteiger partial charge is 0.336 e. The van der Waals surface area contributed by atoms with Crippen molar-refractivity contribution in [3.05, 3.63) is 47.3 Å². The minimum absolute atomic E-state index is 0.182. The monoisotopic (exact) mass is 285 g/mol. The van der Waals surface area contributed by atoms with Crippen molar-refractivity contribution in [2.24, 2.45) is 7.05 Å². The first-order chi connectivity index (χ1) is 10.1. The Morgan fingerprint density at radius 2 is 2.24 bits per heavy atom. The first-order valence-corrected chi connectivity index (χ1v) is 7.18. The van der Waals surface area contributed by atoms with Gasteiger partial charge in [0.1, 0.15) is 0 Å². The molecule has 2 aromatic rings. The Bertz CT molecular complexity index is 678. The van der Waals surface area contributed by atoms with E-state index in [-0.39, 0.29) is 6.04 Å². The SMILES string of the molecule is CC(c1cnn(C)c1)N1CCCc2c(C(=O)O)cccc21. The summed E-state index contributed by atoms with van der Waals surface area (Å²) < 4.78 is 1.80. The van der Waals surface area contributed by atoms with Crippen LogP contribution in [0.15, 0.2) is 30.6 Å². The number of rotatable bonds is 3. The number of benzene rings is 1. The number of carboxylic acids is 1. The standard InChI is InChI=1S/C16H19N3O2/c1-11(12-9-17-18(2)10-12)19-8-4-6-13-14(16(20)21)5-3-7-15(13)19/h3,5,7,9-11H,4,6,8H2,1-2H3,(H,20,21). The van der Waals surface area contributed by atoms with Crippen LogP contribution in [0, 0.1) is 0 Å². The number of carbonyl (C=O) groups is 1. The number of aromatic nitrogens is 2. The van der Waals surface area contributed by atoms with E-state index in [2.05, 4.69) is 16.9 Å². The van der Waals surface area contributed by atoms with E-state index in [4.69, 9.17) is 0 Å². The topological polar surface area (TPSA) is 58.4 Å². The molecule has 1 aliphatic heterocycles. The second-order valence-corrected chi connectivity index (χ2v) is 5.53. The predicted molar refractivity (Wildman–Crippen MR) is 80.7 cm³/mol. The fourth-order valence-corrected chi connectivity index (χ4v) is 3.09. The molecule has 0 spiro atoms. The zero-order valence-corrected chi connectivity index (χ0v) is 12.3. The molecule has 1 aliphatic rings. The quantitative estimate of drug-likeness (QED) is 0.942. The second-order valence-electron chi connectivity index (χ2n) is 5.53. The average Bonchev–Trinajstić information content (AvgIpc) is 2.91. The molecule has 0 saturated heterocycles. The Kier molecular flexibility index (Phi) is 3.41. The lowest BCUT2D eigenvalue weighted by Crippen LogP contribution is -2.32. The van der Waals surface area contributed by atoms with E-state index >= 15 is 0 Å². The molecule has 21 heavy (non-hydrogen) atoms. The summed E-state index contributed by atoms with van der Waals surface area (Å²) >= 11 is 0. The van der Waals surface area contributed by atoms with Crippen molar-refractivity contribution >= 4 is 11.7 Å².